The van der Waals surface area contributed by atoms with E-state index in [1.165, 1.54) is 10.2 Å². The van der Waals surface area contributed by atoms with E-state index in [9.17, 15) is 40.1 Å². The minimum atomic E-state index is -4.94. The van der Waals surface area contributed by atoms with E-state index in [0.717, 1.165) is 26.0 Å². The van der Waals surface area contributed by atoms with Crippen LogP contribution in [0.5, 0.6) is 0 Å². The summed E-state index contributed by atoms with van der Waals surface area (Å²) in [6.07, 6.45) is -5.60. The molecule has 0 unspecified atom stereocenters. The van der Waals surface area contributed by atoms with Crippen molar-refractivity contribution in [1.29, 1.82) is 0 Å². The molecule has 1 N–H and O–H groups in total. The first kappa shape index (κ1) is 22.8. The van der Waals surface area contributed by atoms with Gasteiger partial charge in [0.15, 0.2) is 4.90 Å². The first-order chi connectivity index (χ1) is 11.5. The van der Waals surface area contributed by atoms with Gasteiger partial charge in [0.05, 0.1) is 16.1 Å². The number of nitrogens with zero attached hydrogens (tertiary/aromatic N) is 1. The smallest absolute Gasteiger partial charge is 0.258 e. The Kier molecular flexibility index (Phi) is 6.49. The van der Waals surface area contributed by atoms with Gasteiger partial charge in [-0.2, -0.15) is 13.2 Å². The fourth-order valence-electron chi connectivity index (χ4n) is 1.69. The van der Waals surface area contributed by atoms with Gasteiger partial charge in [0, 0.05) is 10.5 Å². The van der Waals surface area contributed by atoms with Gasteiger partial charge in [-0.25, -0.2) is 16.8 Å². The highest BCUT2D eigenvalue weighted by Crippen LogP contribution is 2.40. The number of rotatable bonds is 7. The first-order valence-corrected chi connectivity index (χ1v) is 10.7. The van der Waals surface area contributed by atoms with Gasteiger partial charge in [-0.1, -0.05) is 19.9 Å². The third kappa shape index (κ3) is 5.37. The predicted octanol–water partition coefficient (Wildman–Crippen LogP) is 2.94. The topological polar surface area (TPSA) is 123 Å². The van der Waals surface area contributed by atoms with Gasteiger partial charge in [0.25, 0.3) is 15.7 Å². The lowest BCUT2D eigenvalue weighted by molar-refractivity contribution is -0.387. The van der Waals surface area contributed by atoms with E-state index in [1.54, 1.807) is 0 Å². The maximum Gasteiger partial charge on any atom is 0.394 e. The third-order valence-electron chi connectivity index (χ3n) is 3.41. The van der Waals surface area contributed by atoms with Crippen molar-refractivity contribution in [2.75, 3.05) is 5.75 Å². The molecule has 0 aliphatic carbocycles. The van der Waals surface area contributed by atoms with Gasteiger partial charge in [-0.15, -0.1) is 4.13 Å². The van der Waals surface area contributed by atoms with E-state index in [2.05, 4.69) is 15.9 Å². The fraction of sp³-hybridized carbons (Fsp3) is 0.500. The molecule has 14 heteroatoms. The van der Waals surface area contributed by atoms with Crippen molar-refractivity contribution < 1.29 is 34.9 Å². The number of nitro groups is 1. The van der Waals surface area contributed by atoms with Crippen LogP contribution in [0.1, 0.15) is 20.3 Å². The largest absolute Gasteiger partial charge is 0.394 e. The zero-order valence-electron chi connectivity index (χ0n) is 13.4. The highest BCUT2D eigenvalue weighted by Gasteiger charge is 2.47. The molecule has 0 heterocycles. The summed E-state index contributed by atoms with van der Waals surface area (Å²) in [5.74, 6) is -1.14. The fourth-order valence-corrected chi connectivity index (χ4v) is 6.21. The normalized spacial score (nSPS) is 13.6. The summed E-state index contributed by atoms with van der Waals surface area (Å²) >= 11 is 2.79. The molecule has 0 saturated heterocycles. The number of halogens is 4. The Balaban J connectivity index is 3.17. The van der Waals surface area contributed by atoms with Crippen LogP contribution in [0.25, 0.3) is 0 Å². The zero-order chi connectivity index (χ0) is 20.6. The average Bonchev–Trinajstić information content (AvgIpc) is 2.42. The van der Waals surface area contributed by atoms with E-state index in [0.29, 0.717) is 0 Å². The molecule has 8 nitrogen and oxygen atoms in total. The van der Waals surface area contributed by atoms with Crippen molar-refractivity contribution in [3.05, 3.63) is 32.8 Å². The molecule has 1 aromatic carbocycles. The quantitative estimate of drug-likeness (QED) is 0.470. The van der Waals surface area contributed by atoms with Crippen molar-refractivity contribution in [3.63, 3.8) is 0 Å². The van der Waals surface area contributed by atoms with Gasteiger partial charge in [-0.05, 0) is 28.4 Å². The number of benzene rings is 1. The van der Waals surface area contributed by atoms with Crippen LogP contribution in [0.4, 0.5) is 18.9 Å². The summed E-state index contributed by atoms with van der Waals surface area (Å²) in [6.45, 7) is 1.55. The van der Waals surface area contributed by atoms with Crippen LogP contribution < -0.4 is 4.13 Å². The molecule has 0 aromatic heterocycles. The maximum absolute atomic E-state index is 12.8. The van der Waals surface area contributed by atoms with E-state index >= 15 is 0 Å². The van der Waals surface area contributed by atoms with Gasteiger partial charge in [0.1, 0.15) is 0 Å². The lowest BCUT2D eigenvalue weighted by Gasteiger charge is -2.27. The van der Waals surface area contributed by atoms with Crippen LogP contribution in [0.15, 0.2) is 27.6 Å². The Labute approximate surface area is 156 Å². The molecule has 0 fully saturated rings. The molecule has 0 aliphatic rings. The number of nitro benzene ring substituents is 1. The lowest BCUT2D eigenvalue weighted by atomic mass is 9.90. The monoisotopic (exact) mass is 482 g/mol. The Bertz CT molecular complexity index is 913. The van der Waals surface area contributed by atoms with Crippen molar-refractivity contribution in [2.45, 2.75) is 31.3 Å². The van der Waals surface area contributed by atoms with E-state index < -0.39 is 59.3 Å². The van der Waals surface area contributed by atoms with Gasteiger partial charge in [-0.3, -0.25) is 10.1 Å². The third-order valence-corrected chi connectivity index (χ3v) is 7.94. The summed E-state index contributed by atoms with van der Waals surface area (Å²) in [6, 6.07) is 3.15. The van der Waals surface area contributed by atoms with Crippen molar-refractivity contribution >= 4 is 41.7 Å². The molecule has 0 atom stereocenters. The summed E-state index contributed by atoms with van der Waals surface area (Å²) in [5.41, 5.74) is -3.26. The predicted molar refractivity (Wildman–Crippen MR) is 89.4 cm³/mol. The SMILES string of the molecule is CC(C)(CCS(=O)(=O)NS(=O)(=O)c1c(Br)cccc1[N+](=O)[O-])C(F)(F)F. The van der Waals surface area contributed by atoms with Crippen molar-refractivity contribution in [3.8, 4) is 0 Å². The molecule has 26 heavy (non-hydrogen) atoms. The summed E-state index contributed by atoms with van der Waals surface area (Å²) in [5, 5.41) is 11.0. The molecular formula is C12H14BrF3N2O6S2. The van der Waals surface area contributed by atoms with E-state index in [4.69, 9.17) is 0 Å². The zero-order valence-corrected chi connectivity index (χ0v) is 16.6. The van der Waals surface area contributed by atoms with Crippen LogP contribution in [-0.4, -0.2) is 33.7 Å². The Morgan fingerprint density at radius 3 is 2.19 bits per heavy atom. The molecule has 0 saturated carbocycles. The van der Waals surface area contributed by atoms with E-state index in [1.807, 2.05) is 0 Å². The minimum Gasteiger partial charge on any atom is -0.258 e. The molecule has 148 valence electrons. The van der Waals surface area contributed by atoms with Crippen LogP contribution in [-0.2, 0) is 20.0 Å². The minimum absolute atomic E-state index is 0.273. The molecular weight excluding hydrogens is 469 g/mol. The van der Waals surface area contributed by atoms with Gasteiger partial charge in [0.2, 0.25) is 10.0 Å². The molecule has 0 bridgehead atoms. The second-order valence-corrected chi connectivity index (χ2v) is 10.5. The van der Waals surface area contributed by atoms with Crippen LogP contribution >= 0.6 is 15.9 Å². The number of hydrogen-bond donors (Lipinski definition) is 1. The number of hydrogen-bond acceptors (Lipinski definition) is 6. The molecule has 0 spiro atoms. The second kappa shape index (κ2) is 7.40. The molecule has 1 aromatic rings. The average molecular weight is 483 g/mol. The standard InChI is InChI=1S/C12H14BrF3N2O6S2/c1-11(2,12(14,15)16)6-7-25(21,22)17-26(23,24)10-8(13)4-3-5-9(10)18(19)20/h3-5,17H,6-7H2,1-2H3. The molecule has 0 radical (unpaired) electrons. The van der Waals surface area contributed by atoms with Crippen LogP contribution in [0.2, 0.25) is 0 Å². The van der Waals surface area contributed by atoms with Gasteiger partial charge < -0.3 is 0 Å². The molecule has 0 aliphatic heterocycles. The lowest BCUT2D eigenvalue weighted by Crippen LogP contribution is -2.38. The summed E-state index contributed by atoms with van der Waals surface area (Å²) < 4.78 is 87.8. The molecule has 0 amide bonds. The number of nitrogens with one attached hydrogen (secondary N) is 1. The Morgan fingerprint density at radius 2 is 1.73 bits per heavy atom. The highest BCUT2D eigenvalue weighted by atomic mass is 79.9. The van der Waals surface area contributed by atoms with Crippen molar-refractivity contribution in [2.24, 2.45) is 5.41 Å². The number of sulfonamides is 2. The maximum atomic E-state index is 12.8. The Morgan fingerprint density at radius 1 is 1.19 bits per heavy atom. The molecule has 1 rings (SSSR count). The Hall–Kier alpha value is -1.25. The van der Waals surface area contributed by atoms with Crippen LogP contribution in [0, 0.1) is 15.5 Å². The summed E-state index contributed by atoms with van der Waals surface area (Å²) in [7, 11) is -9.66. The van der Waals surface area contributed by atoms with E-state index in [-0.39, 0.29) is 4.47 Å². The first-order valence-electron chi connectivity index (χ1n) is 6.76. The number of alkyl halides is 3. The second-order valence-electron chi connectivity index (χ2n) is 5.88. The van der Waals surface area contributed by atoms with Crippen LogP contribution in [0.3, 0.4) is 0 Å². The van der Waals surface area contributed by atoms with Gasteiger partial charge >= 0.3 is 6.18 Å². The highest BCUT2D eigenvalue weighted by molar-refractivity contribution is 9.10. The summed E-state index contributed by atoms with van der Waals surface area (Å²) in [4.78, 5) is 9.00. The van der Waals surface area contributed by atoms with Crippen molar-refractivity contribution in [1.82, 2.24) is 4.13 Å².